The molecule has 1 saturated carbocycles. The first kappa shape index (κ1) is 12.3. The summed E-state index contributed by atoms with van der Waals surface area (Å²) in [6, 6.07) is 6.58. The van der Waals surface area contributed by atoms with Crippen LogP contribution in [0.2, 0.25) is 0 Å². The molecule has 0 radical (unpaired) electrons. The molecule has 0 amide bonds. The Morgan fingerprint density at radius 2 is 2.06 bits per heavy atom. The largest absolute Gasteiger partial charge is 0.324 e. The number of hydrogen-bond donors (Lipinski definition) is 1. The van der Waals surface area contributed by atoms with Gasteiger partial charge in [-0.25, -0.2) is 0 Å². The molecule has 0 aliphatic heterocycles. The molecular formula is C12H12Br2N4. The van der Waals surface area contributed by atoms with Crippen LogP contribution in [0.3, 0.4) is 0 Å². The van der Waals surface area contributed by atoms with Gasteiger partial charge in [-0.05, 0) is 47.0 Å². The number of benzene rings is 1. The van der Waals surface area contributed by atoms with E-state index in [4.69, 9.17) is 5.73 Å². The molecule has 2 N–H and O–H groups in total. The van der Waals surface area contributed by atoms with Gasteiger partial charge in [-0.15, -0.1) is 10.2 Å². The molecule has 3 rings (SSSR count). The van der Waals surface area contributed by atoms with Crippen LogP contribution in [0.5, 0.6) is 0 Å². The van der Waals surface area contributed by atoms with Gasteiger partial charge in [0.15, 0.2) is 5.82 Å². The normalized spacial score (nSPS) is 15.1. The molecule has 0 unspecified atom stereocenters. The highest BCUT2D eigenvalue weighted by Gasteiger charge is 2.29. The Balaban J connectivity index is 2.13. The van der Waals surface area contributed by atoms with Crippen molar-refractivity contribution in [1.29, 1.82) is 0 Å². The van der Waals surface area contributed by atoms with Crippen LogP contribution in [0.4, 0.5) is 0 Å². The zero-order chi connectivity index (χ0) is 12.7. The molecule has 1 aromatic carbocycles. The van der Waals surface area contributed by atoms with Gasteiger partial charge in [0.05, 0.1) is 6.54 Å². The maximum Gasteiger partial charge on any atom is 0.165 e. The average molecular weight is 372 g/mol. The number of nitrogens with two attached hydrogens (primary N) is 1. The lowest BCUT2D eigenvalue weighted by Gasteiger charge is -2.09. The number of nitrogens with zero attached hydrogens (tertiary/aromatic N) is 3. The second-order valence-corrected chi connectivity index (χ2v) is 6.14. The highest BCUT2D eigenvalue weighted by molar-refractivity contribution is 9.11. The van der Waals surface area contributed by atoms with Crippen LogP contribution in [0.1, 0.15) is 24.7 Å². The lowest BCUT2D eigenvalue weighted by Crippen LogP contribution is -2.08. The second-order valence-electron chi connectivity index (χ2n) is 4.37. The molecule has 1 aliphatic carbocycles. The van der Waals surface area contributed by atoms with Crippen LogP contribution >= 0.6 is 31.9 Å². The third-order valence-electron chi connectivity index (χ3n) is 3.03. The van der Waals surface area contributed by atoms with E-state index in [0.717, 1.165) is 26.2 Å². The molecule has 1 heterocycles. The highest BCUT2D eigenvalue weighted by atomic mass is 79.9. The number of rotatable bonds is 3. The molecule has 94 valence electrons. The van der Waals surface area contributed by atoms with E-state index in [1.807, 2.05) is 18.2 Å². The van der Waals surface area contributed by atoms with Crippen molar-refractivity contribution in [2.45, 2.75) is 25.4 Å². The van der Waals surface area contributed by atoms with Crippen LogP contribution in [0.25, 0.3) is 11.4 Å². The van der Waals surface area contributed by atoms with Gasteiger partial charge in [0, 0.05) is 20.6 Å². The van der Waals surface area contributed by atoms with E-state index in [1.54, 1.807) is 0 Å². The monoisotopic (exact) mass is 370 g/mol. The van der Waals surface area contributed by atoms with Crippen molar-refractivity contribution in [1.82, 2.24) is 14.8 Å². The lowest BCUT2D eigenvalue weighted by molar-refractivity contribution is 0.687. The van der Waals surface area contributed by atoms with Gasteiger partial charge >= 0.3 is 0 Å². The minimum Gasteiger partial charge on any atom is -0.324 e. The van der Waals surface area contributed by atoms with Crippen molar-refractivity contribution in [3.63, 3.8) is 0 Å². The number of aromatic nitrogens is 3. The lowest BCUT2D eigenvalue weighted by atomic mass is 10.2. The van der Waals surface area contributed by atoms with Crippen molar-refractivity contribution < 1.29 is 0 Å². The van der Waals surface area contributed by atoms with Crippen LogP contribution < -0.4 is 5.73 Å². The number of hydrogen-bond acceptors (Lipinski definition) is 3. The molecule has 0 spiro atoms. The maximum atomic E-state index is 5.73. The molecular weight excluding hydrogens is 360 g/mol. The van der Waals surface area contributed by atoms with Gasteiger partial charge in [-0.2, -0.15) is 0 Å². The van der Waals surface area contributed by atoms with E-state index >= 15 is 0 Å². The van der Waals surface area contributed by atoms with E-state index < -0.39 is 0 Å². The summed E-state index contributed by atoms with van der Waals surface area (Å²) >= 11 is 7.03. The summed E-state index contributed by atoms with van der Waals surface area (Å²) < 4.78 is 4.22. The molecule has 2 aromatic rings. The first-order valence-electron chi connectivity index (χ1n) is 5.80. The van der Waals surface area contributed by atoms with Crippen LogP contribution in [0.15, 0.2) is 27.1 Å². The fraction of sp³-hybridized carbons (Fsp3) is 0.333. The summed E-state index contributed by atoms with van der Waals surface area (Å²) in [7, 11) is 0. The van der Waals surface area contributed by atoms with E-state index in [9.17, 15) is 0 Å². The van der Waals surface area contributed by atoms with E-state index in [1.165, 1.54) is 12.8 Å². The first-order chi connectivity index (χ1) is 8.70. The molecule has 1 fully saturated rings. The highest BCUT2D eigenvalue weighted by Crippen LogP contribution is 2.40. The summed E-state index contributed by atoms with van der Waals surface area (Å²) in [5.41, 5.74) is 6.78. The topological polar surface area (TPSA) is 56.7 Å². The van der Waals surface area contributed by atoms with Gasteiger partial charge < -0.3 is 10.3 Å². The molecule has 1 aromatic heterocycles. The quantitative estimate of drug-likeness (QED) is 0.900. The first-order valence-corrected chi connectivity index (χ1v) is 7.38. The van der Waals surface area contributed by atoms with Crippen molar-refractivity contribution in [2.24, 2.45) is 5.73 Å². The molecule has 6 heteroatoms. The van der Waals surface area contributed by atoms with Crippen LogP contribution in [0, 0.1) is 0 Å². The Bertz CT molecular complexity index is 590. The summed E-state index contributed by atoms with van der Waals surface area (Å²) in [6.07, 6.45) is 2.37. The molecule has 0 bridgehead atoms. The fourth-order valence-electron chi connectivity index (χ4n) is 2.03. The molecule has 0 atom stereocenters. The third-order valence-corrected chi connectivity index (χ3v) is 4.18. The Labute approximate surface area is 122 Å². The van der Waals surface area contributed by atoms with Crippen molar-refractivity contribution >= 4 is 31.9 Å². The average Bonchev–Trinajstić information content (AvgIpc) is 3.09. The van der Waals surface area contributed by atoms with Gasteiger partial charge in [-0.1, -0.05) is 15.9 Å². The predicted octanol–water partition coefficient (Wildman–Crippen LogP) is 3.26. The van der Waals surface area contributed by atoms with Gasteiger partial charge in [0.2, 0.25) is 0 Å². The third kappa shape index (κ3) is 2.13. The van der Waals surface area contributed by atoms with Crippen molar-refractivity contribution in [3.8, 4) is 11.4 Å². The van der Waals surface area contributed by atoms with Crippen molar-refractivity contribution in [2.75, 3.05) is 0 Å². The van der Waals surface area contributed by atoms with E-state index in [-0.39, 0.29) is 0 Å². The van der Waals surface area contributed by atoms with Gasteiger partial charge in [0.1, 0.15) is 5.82 Å². The van der Waals surface area contributed by atoms with Crippen molar-refractivity contribution in [3.05, 3.63) is 33.0 Å². The Hall–Kier alpha value is -0.720. The fourth-order valence-corrected chi connectivity index (χ4v) is 3.26. The number of halogens is 2. The van der Waals surface area contributed by atoms with E-state index in [2.05, 4.69) is 46.6 Å². The minimum atomic E-state index is 0.428. The summed E-state index contributed by atoms with van der Waals surface area (Å²) in [5, 5.41) is 8.49. The Kier molecular flexibility index (Phi) is 3.25. The van der Waals surface area contributed by atoms with Gasteiger partial charge in [-0.3, -0.25) is 0 Å². The SMILES string of the molecule is NCc1nnc(-c2ccc(Br)cc2Br)n1C1CC1. The smallest absolute Gasteiger partial charge is 0.165 e. The molecule has 18 heavy (non-hydrogen) atoms. The van der Waals surface area contributed by atoms with Gasteiger partial charge in [0.25, 0.3) is 0 Å². The Morgan fingerprint density at radius 1 is 1.28 bits per heavy atom. The molecule has 1 aliphatic rings. The van der Waals surface area contributed by atoms with Crippen LogP contribution in [-0.2, 0) is 6.54 Å². The summed E-state index contributed by atoms with van der Waals surface area (Å²) in [6.45, 7) is 0.428. The minimum absolute atomic E-state index is 0.428. The zero-order valence-corrected chi connectivity index (χ0v) is 12.8. The Morgan fingerprint density at radius 3 is 2.67 bits per heavy atom. The maximum absolute atomic E-state index is 5.73. The van der Waals surface area contributed by atoms with Crippen LogP contribution in [-0.4, -0.2) is 14.8 Å². The molecule has 0 saturated heterocycles. The zero-order valence-electron chi connectivity index (χ0n) is 9.61. The summed E-state index contributed by atoms with van der Waals surface area (Å²) in [5.74, 6) is 1.76. The molecule has 4 nitrogen and oxygen atoms in total. The second kappa shape index (κ2) is 4.75. The summed E-state index contributed by atoms with van der Waals surface area (Å²) in [4.78, 5) is 0. The standard InChI is InChI=1S/C12H12Br2N4/c13-7-1-4-9(10(14)5-7)12-17-16-11(6-15)18(12)8-2-3-8/h1,4-5,8H,2-3,6,15H2. The predicted molar refractivity (Wildman–Crippen MR) is 77.0 cm³/mol. The van der Waals surface area contributed by atoms with E-state index in [0.29, 0.717) is 12.6 Å².